The van der Waals surface area contributed by atoms with Crippen LogP contribution >= 0.6 is 0 Å². The molecule has 0 bridgehead atoms. The van der Waals surface area contributed by atoms with Crippen LogP contribution < -0.4 is 10.3 Å². The molecule has 1 N–H and O–H groups in total. The van der Waals surface area contributed by atoms with E-state index < -0.39 is 0 Å². The van der Waals surface area contributed by atoms with Gasteiger partial charge in [0.1, 0.15) is 0 Å². The predicted molar refractivity (Wildman–Crippen MR) is 92.5 cm³/mol. The lowest BCUT2D eigenvalue weighted by Crippen LogP contribution is -2.30. The van der Waals surface area contributed by atoms with Crippen LogP contribution in [0, 0.1) is 11.3 Å². The van der Waals surface area contributed by atoms with Gasteiger partial charge in [0, 0.05) is 31.1 Å². The number of carbonyl (C=O) groups excluding carboxylic acids is 1. The topological polar surface area (TPSA) is 44.7 Å². The Kier molecular flexibility index (Phi) is 4.89. The summed E-state index contributed by atoms with van der Waals surface area (Å²) in [6, 6.07) is 7.57. The van der Waals surface area contributed by atoms with E-state index in [0.29, 0.717) is 11.5 Å². The summed E-state index contributed by atoms with van der Waals surface area (Å²) in [6.07, 6.45) is 3.14. The number of hydrazone groups is 1. The van der Waals surface area contributed by atoms with Gasteiger partial charge in [-0.15, -0.1) is 0 Å². The summed E-state index contributed by atoms with van der Waals surface area (Å²) in [5, 5.41) is 4.38. The lowest BCUT2D eigenvalue weighted by Gasteiger charge is -2.34. The molecule has 0 aromatic heterocycles. The molecule has 0 radical (unpaired) electrons. The maximum absolute atomic E-state index is 12.3. The first-order valence-electron chi connectivity index (χ1n) is 7.90. The quantitative estimate of drug-likeness (QED) is 0.865. The summed E-state index contributed by atoms with van der Waals surface area (Å²) in [4.78, 5) is 14.2. The maximum Gasteiger partial charge on any atom is 0.271 e. The Morgan fingerprint density at radius 1 is 1.36 bits per heavy atom. The molecule has 1 aliphatic rings. The molecule has 1 saturated carbocycles. The van der Waals surface area contributed by atoms with Crippen molar-refractivity contribution in [3.05, 3.63) is 29.8 Å². The van der Waals surface area contributed by atoms with Gasteiger partial charge in [0.05, 0.1) is 0 Å². The van der Waals surface area contributed by atoms with E-state index in [2.05, 4.69) is 31.3 Å². The molecule has 0 heterocycles. The third-order valence-corrected chi connectivity index (χ3v) is 4.11. The Bertz CT molecular complexity index is 575. The molecule has 2 rings (SSSR count). The Labute approximate surface area is 133 Å². The summed E-state index contributed by atoms with van der Waals surface area (Å²) >= 11 is 0. The molecule has 1 aromatic carbocycles. The fraction of sp³-hybridized carbons (Fsp3) is 0.556. The van der Waals surface area contributed by atoms with Crippen molar-refractivity contribution in [3.63, 3.8) is 0 Å². The molecular weight excluding hydrogens is 274 g/mol. The lowest BCUT2D eigenvalue weighted by molar-refractivity contribution is 0.0954. The van der Waals surface area contributed by atoms with Crippen LogP contribution in [0.3, 0.4) is 0 Å². The SMILES string of the molecule is C[C@H]1C/C(=N/NC(=O)c2cccc(N(C)C)c2)CC(C)(C)C1. The summed E-state index contributed by atoms with van der Waals surface area (Å²) < 4.78 is 0. The second kappa shape index (κ2) is 6.51. The van der Waals surface area contributed by atoms with E-state index in [0.717, 1.165) is 24.2 Å². The average Bonchev–Trinajstić information content (AvgIpc) is 2.42. The summed E-state index contributed by atoms with van der Waals surface area (Å²) in [7, 11) is 3.92. The van der Waals surface area contributed by atoms with Gasteiger partial charge in [0.2, 0.25) is 0 Å². The van der Waals surface area contributed by atoms with Crippen LogP contribution in [0.15, 0.2) is 29.4 Å². The lowest BCUT2D eigenvalue weighted by atomic mass is 9.72. The molecule has 0 unspecified atom stereocenters. The van der Waals surface area contributed by atoms with Gasteiger partial charge in [-0.05, 0) is 48.8 Å². The zero-order valence-corrected chi connectivity index (χ0v) is 14.3. The maximum atomic E-state index is 12.3. The first-order chi connectivity index (χ1) is 10.3. The van der Waals surface area contributed by atoms with Crippen LogP contribution in [0.4, 0.5) is 5.69 Å². The Morgan fingerprint density at radius 3 is 2.73 bits per heavy atom. The second-order valence-electron chi connectivity index (χ2n) is 7.42. The fourth-order valence-electron chi connectivity index (χ4n) is 3.32. The standard InChI is InChI=1S/C18H27N3O/c1-13-9-15(12-18(2,3)11-13)19-20-17(22)14-7-6-8-16(10-14)21(4)5/h6-8,10,13H,9,11-12H2,1-5H3,(H,20,22)/b19-15-/t13-/m0/s1. The zero-order valence-electron chi connectivity index (χ0n) is 14.3. The van der Waals surface area contributed by atoms with E-state index in [9.17, 15) is 4.79 Å². The van der Waals surface area contributed by atoms with E-state index in [4.69, 9.17) is 0 Å². The van der Waals surface area contributed by atoms with Gasteiger partial charge in [0.25, 0.3) is 5.91 Å². The minimum atomic E-state index is -0.146. The molecular formula is C18H27N3O. The monoisotopic (exact) mass is 301 g/mol. The highest BCUT2D eigenvalue weighted by Crippen LogP contribution is 2.36. The highest BCUT2D eigenvalue weighted by molar-refractivity contribution is 5.96. The molecule has 120 valence electrons. The van der Waals surface area contributed by atoms with E-state index in [1.54, 1.807) is 0 Å². The summed E-state index contributed by atoms with van der Waals surface area (Å²) in [6.45, 7) is 6.78. The fourth-order valence-corrected chi connectivity index (χ4v) is 3.32. The number of benzene rings is 1. The van der Waals surface area contributed by atoms with Crippen LogP contribution in [0.5, 0.6) is 0 Å². The van der Waals surface area contributed by atoms with Gasteiger partial charge in [-0.25, -0.2) is 5.43 Å². The third-order valence-electron chi connectivity index (χ3n) is 4.11. The first kappa shape index (κ1) is 16.5. The van der Waals surface area contributed by atoms with Crippen molar-refractivity contribution in [1.29, 1.82) is 0 Å². The Morgan fingerprint density at radius 2 is 2.09 bits per heavy atom. The number of hydrogen-bond acceptors (Lipinski definition) is 3. The van der Waals surface area contributed by atoms with Crippen molar-refractivity contribution in [2.75, 3.05) is 19.0 Å². The minimum absolute atomic E-state index is 0.146. The van der Waals surface area contributed by atoms with Crippen molar-refractivity contribution in [2.45, 2.75) is 40.0 Å². The first-order valence-corrected chi connectivity index (χ1v) is 7.90. The number of anilines is 1. The van der Waals surface area contributed by atoms with Gasteiger partial charge in [-0.3, -0.25) is 4.79 Å². The van der Waals surface area contributed by atoms with Crippen LogP contribution in [0.2, 0.25) is 0 Å². The normalized spacial score (nSPS) is 22.4. The molecule has 1 fully saturated rings. The van der Waals surface area contributed by atoms with E-state index >= 15 is 0 Å². The average molecular weight is 301 g/mol. The smallest absolute Gasteiger partial charge is 0.271 e. The molecule has 1 aromatic rings. The zero-order chi connectivity index (χ0) is 16.3. The molecule has 0 spiro atoms. The Hall–Kier alpha value is -1.84. The van der Waals surface area contributed by atoms with E-state index in [-0.39, 0.29) is 11.3 Å². The van der Waals surface area contributed by atoms with Crippen LogP contribution in [0.25, 0.3) is 0 Å². The van der Waals surface area contributed by atoms with Gasteiger partial charge < -0.3 is 4.90 Å². The summed E-state index contributed by atoms with van der Waals surface area (Å²) in [5.41, 5.74) is 5.74. The van der Waals surface area contributed by atoms with Gasteiger partial charge in [-0.1, -0.05) is 26.8 Å². The largest absolute Gasteiger partial charge is 0.378 e. The van der Waals surface area contributed by atoms with Crippen molar-refractivity contribution >= 4 is 17.3 Å². The van der Waals surface area contributed by atoms with Crippen LogP contribution in [-0.2, 0) is 0 Å². The van der Waals surface area contributed by atoms with Gasteiger partial charge in [0.15, 0.2) is 0 Å². The molecule has 1 amide bonds. The van der Waals surface area contributed by atoms with Gasteiger partial charge >= 0.3 is 0 Å². The predicted octanol–water partition coefficient (Wildman–Crippen LogP) is 3.68. The summed E-state index contributed by atoms with van der Waals surface area (Å²) in [5.74, 6) is 0.476. The molecule has 4 nitrogen and oxygen atoms in total. The second-order valence-corrected chi connectivity index (χ2v) is 7.42. The molecule has 0 aliphatic heterocycles. The van der Waals surface area contributed by atoms with Crippen LogP contribution in [0.1, 0.15) is 50.4 Å². The van der Waals surface area contributed by atoms with Gasteiger partial charge in [-0.2, -0.15) is 5.10 Å². The Balaban J connectivity index is 2.06. The van der Waals surface area contributed by atoms with Crippen molar-refractivity contribution < 1.29 is 4.79 Å². The molecule has 0 saturated heterocycles. The number of amides is 1. The number of hydrogen-bond donors (Lipinski definition) is 1. The molecule has 1 aliphatic carbocycles. The van der Waals surface area contributed by atoms with Crippen molar-refractivity contribution in [1.82, 2.24) is 5.43 Å². The van der Waals surface area contributed by atoms with E-state index in [1.807, 2.05) is 43.3 Å². The van der Waals surface area contributed by atoms with E-state index in [1.165, 1.54) is 6.42 Å². The molecule has 1 atom stereocenters. The van der Waals surface area contributed by atoms with Crippen molar-refractivity contribution in [2.24, 2.45) is 16.4 Å². The third kappa shape index (κ3) is 4.33. The highest BCUT2D eigenvalue weighted by Gasteiger charge is 2.29. The molecule has 4 heteroatoms. The van der Waals surface area contributed by atoms with Crippen LogP contribution in [-0.4, -0.2) is 25.7 Å². The number of nitrogens with one attached hydrogen (secondary N) is 1. The number of carbonyl (C=O) groups is 1. The highest BCUT2D eigenvalue weighted by atomic mass is 16.2. The number of nitrogens with zero attached hydrogens (tertiary/aromatic N) is 2. The molecule has 22 heavy (non-hydrogen) atoms. The van der Waals surface area contributed by atoms with Crippen molar-refractivity contribution in [3.8, 4) is 0 Å². The minimum Gasteiger partial charge on any atom is -0.378 e. The number of rotatable bonds is 3.